The van der Waals surface area contributed by atoms with Gasteiger partial charge in [0.2, 0.25) is 6.79 Å². The number of ether oxygens (including phenoxy) is 3. The predicted octanol–water partition coefficient (Wildman–Crippen LogP) is 5.43. The molecular formula is C25H13Br2IN2O7. The molecule has 0 atom stereocenters. The van der Waals surface area contributed by atoms with Crippen LogP contribution in [-0.4, -0.2) is 30.6 Å². The number of anilines is 1. The van der Waals surface area contributed by atoms with Gasteiger partial charge in [-0.05, 0) is 99.2 Å². The molecule has 0 radical (unpaired) electrons. The predicted molar refractivity (Wildman–Crippen MR) is 148 cm³/mol. The van der Waals surface area contributed by atoms with Gasteiger partial charge in [-0.1, -0.05) is 15.9 Å². The summed E-state index contributed by atoms with van der Waals surface area (Å²) in [4.78, 5) is 52.3. The fourth-order valence-electron chi connectivity index (χ4n) is 3.61. The van der Waals surface area contributed by atoms with E-state index in [2.05, 4.69) is 59.8 Å². The molecule has 1 N–H and O–H groups in total. The number of hydrogen-bond acceptors (Lipinski definition) is 7. The molecule has 12 heteroatoms. The van der Waals surface area contributed by atoms with Crippen LogP contribution in [0.25, 0.3) is 6.08 Å². The molecule has 2 aliphatic rings. The molecule has 3 aromatic carbocycles. The topological polar surface area (TPSA) is 111 Å². The smallest absolute Gasteiger partial charge is 0.343 e. The summed E-state index contributed by atoms with van der Waals surface area (Å²) in [7, 11) is 0. The molecule has 5 rings (SSSR count). The SMILES string of the molecule is O=C1NC(=O)N(c2ccc(I)cc2)C(=O)/C1=C\c1cc(Br)cc(Br)c1OC(=O)c1ccc2c(c1)OCO2. The van der Waals surface area contributed by atoms with Gasteiger partial charge in [0, 0.05) is 13.6 Å². The molecule has 2 aliphatic heterocycles. The lowest BCUT2D eigenvalue weighted by atomic mass is 10.1. The van der Waals surface area contributed by atoms with E-state index in [1.54, 1.807) is 42.5 Å². The zero-order valence-corrected chi connectivity index (χ0v) is 23.7. The number of amides is 4. The van der Waals surface area contributed by atoms with E-state index in [-0.39, 0.29) is 29.2 Å². The number of imide groups is 2. The summed E-state index contributed by atoms with van der Waals surface area (Å²) in [5.74, 6) is -1.40. The molecule has 1 fully saturated rings. The molecule has 3 aromatic rings. The number of urea groups is 1. The van der Waals surface area contributed by atoms with Crippen LogP contribution in [0.3, 0.4) is 0 Å². The minimum Gasteiger partial charge on any atom is -0.454 e. The summed E-state index contributed by atoms with van der Waals surface area (Å²) in [6.45, 7) is 0.0572. The molecule has 2 heterocycles. The highest BCUT2D eigenvalue weighted by atomic mass is 127. The molecule has 0 aliphatic carbocycles. The van der Waals surface area contributed by atoms with Gasteiger partial charge in [-0.15, -0.1) is 0 Å². The van der Waals surface area contributed by atoms with Crippen LogP contribution in [0.4, 0.5) is 10.5 Å². The molecule has 1 saturated heterocycles. The second-order valence-electron chi connectivity index (χ2n) is 7.70. The van der Waals surface area contributed by atoms with Crippen molar-refractivity contribution in [2.24, 2.45) is 0 Å². The molecule has 186 valence electrons. The van der Waals surface area contributed by atoms with Gasteiger partial charge in [0.1, 0.15) is 5.57 Å². The number of benzene rings is 3. The van der Waals surface area contributed by atoms with Crippen molar-refractivity contribution in [3.63, 3.8) is 0 Å². The Balaban J connectivity index is 1.51. The second-order valence-corrected chi connectivity index (χ2v) is 10.7. The number of barbiturate groups is 1. The first-order chi connectivity index (χ1) is 17.7. The van der Waals surface area contributed by atoms with Gasteiger partial charge >= 0.3 is 12.0 Å². The molecular weight excluding hydrogens is 727 g/mol. The normalized spacial score (nSPS) is 15.7. The van der Waals surface area contributed by atoms with Gasteiger partial charge in [-0.3, -0.25) is 14.9 Å². The van der Waals surface area contributed by atoms with Crippen LogP contribution in [0.5, 0.6) is 17.2 Å². The van der Waals surface area contributed by atoms with Crippen molar-refractivity contribution in [3.8, 4) is 17.2 Å². The Labute approximate surface area is 240 Å². The van der Waals surface area contributed by atoms with Gasteiger partial charge < -0.3 is 14.2 Å². The summed E-state index contributed by atoms with van der Waals surface area (Å²) < 4.78 is 18.1. The number of nitrogens with zero attached hydrogens (tertiary/aromatic N) is 1. The third-order valence-corrected chi connectivity index (χ3v) is 7.09. The zero-order chi connectivity index (χ0) is 26.3. The van der Waals surface area contributed by atoms with Crippen LogP contribution in [0, 0.1) is 3.57 Å². The van der Waals surface area contributed by atoms with Crippen LogP contribution in [0.1, 0.15) is 15.9 Å². The lowest BCUT2D eigenvalue weighted by Crippen LogP contribution is -2.54. The quantitative estimate of drug-likeness (QED) is 0.125. The molecule has 0 aromatic heterocycles. The number of halogens is 3. The molecule has 9 nitrogen and oxygen atoms in total. The van der Waals surface area contributed by atoms with Crippen LogP contribution < -0.4 is 24.4 Å². The van der Waals surface area contributed by atoms with Gasteiger partial charge in [-0.25, -0.2) is 14.5 Å². The van der Waals surface area contributed by atoms with E-state index in [0.29, 0.717) is 26.1 Å². The standard InChI is InChI=1S/C25H13Br2IN2O7/c26-14-7-13(8-17-22(31)29-25(34)30(23(17)32)16-4-2-15(28)3-5-16)21(18(27)10-14)37-24(33)12-1-6-19-20(9-12)36-11-35-19/h1-10H,11H2,(H,29,31,34)/b17-8-. The van der Waals surface area contributed by atoms with Crippen molar-refractivity contribution in [3.05, 3.63) is 83.8 Å². The molecule has 4 amide bonds. The van der Waals surface area contributed by atoms with Crippen molar-refractivity contribution < 1.29 is 33.4 Å². The number of hydrogen-bond donors (Lipinski definition) is 1. The van der Waals surface area contributed by atoms with Gasteiger partial charge in [0.15, 0.2) is 17.2 Å². The Hall–Kier alpha value is -3.23. The number of rotatable bonds is 4. The van der Waals surface area contributed by atoms with Gasteiger partial charge in [0.25, 0.3) is 11.8 Å². The molecule has 37 heavy (non-hydrogen) atoms. The van der Waals surface area contributed by atoms with E-state index in [9.17, 15) is 19.2 Å². The van der Waals surface area contributed by atoms with E-state index >= 15 is 0 Å². The summed E-state index contributed by atoms with van der Waals surface area (Å²) in [6.07, 6.45) is 1.27. The van der Waals surface area contributed by atoms with Crippen molar-refractivity contribution >= 4 is 90.0 Å². The third kappa shape index (κ3) is 5.13. The average Bonchev–Trinajstić information content (AvgIpc) is 3.32. The molecule has 0 unspecified atom stereocenters. The van der Waals surface area contributed by atoms with Crippen molar-refractivity contribution in [1.82, 2.24) is 5.32 Å². The highest BCUT2D eigenvalue weighted by Gasteiger charge is 2.37. The van der Waals surface area contributed by atoms with Crippen molar-refractivity contribution in [1.29, 1.82) is 0 Å². The summed E-state index contributed by atoms with van der Waals surface area (Å²) in [6, 6.07) is 13.6. The minimum atomic E-state index is -0.874. The second kappa shape index (κ2) is 10.3. The summed E-state index contributed by atoms with van der Waals surface area (Å²) >= 11 is 8.85. The lowest BCUT2D eigenvalue weighted by molar-refractivity contribution is -0.122. The largest absolute Gasteiger partial charge is 0.454 e. The number of esters is 1. The maximum Gasteiger partial charge on any atom is 0.343 e. The first-order valence-corrected chi connectivity index (χ1v) is 13.2. The minimum absolute atomic E-state index is 0.0572. The van der Waals surface area contributed by atoms with Crippen LogP contribution >= 0.6 is 54.5 Å². The van der Waals surface area contributed by atoms with E-state index in [1.165, 1.54) is 18.2 Å². The Morgan fingerprint density at radius 2 is 1.73 bits per heavy atom. The van der Waals surface area contributed by atoms with E-state index < -0.39 is 23.8 Å². The fourth-order valence-corrected chi connectivity index (χ4v) is 5.31. The first kappa shape index (κ1) is 25.4. The van der Waals surface area contributed by atoms with Crippen LogP contribution in [0.15, 0.2) is 69.1 Å². The van der Waals surface area contributed by atoms with Crippen molar-refractivity contribution in [2.45, 2.75) is 0 Å². The summed E-state index contributed by atoms with van der Waals surface area (Å²) in [5, 5.41) is 2.18. The van der Waals surface area contributed by atoms with Gasteiger partial charge in [-0.2, -0.15) is 0 Å². The third-order valence-electron chi connectivity index (χ3n) is 5.33. The molecule has 0 spiro atoms. The van der Waals surface area contributed by atoms with Crippen LogP contribution in [0.2, 0.25) is 0 Å². The van der Waals surface area contributed by atoms with E-state index in [0.717, 1.165) is 8.47 Å². The average molecular weight is 740 g/mol. The molecule has 0 bridgehead atoms. The fraction of sp³-hybridized carbons (Fsp3) is 0.0400. The highest BCUT2D eigenvalue weighted by Crippen LogP contribution is 2.37. The van der Waals surface area contributed by atoms with Gasteiger partial charge in [0.05, 0.1) is 15.7 Å². The number of nitrogens with one attached hydrogen (secondary N) is 1. The first-order valence-electron chi connectivity index (χ1n) is 10.5. The summed E-state index contributed by atoms with van der Waals surface area (Å²) in [5.41, 5.74) is 0.431. The highest BCUT2D eigenvalue weighted by molar-refractivity contribution is 14.1. The lowest BCUT2D eigenvalue weighted by Gasteiger charge is -2.26. The zero-order valence-electron chi connectivity index (χ0n) is 18.4. The van der Waals surface area contributed by atoms with E-state index in [4.69, 9.17) is 14.2 Å². The Morgan fingerprint density at radius 3 is 2.49 bits per heavy atom. The number of carbonyl (C=O) groups is 4. The molecule has 0 saturated carbocycles. The number of fused-ring (bicyclic) bond motifs is 1. The van der Waals surface area contributed by atoms with Crippen molar-refractivity contribution in [2.75, 3.05) is 11.7 Å². The maximum atomic E-state index is 13.3. The Morgan fingerprint density at radius 1 is 1.00 bits per heavy atom. The van der Waals surface area contributed by atoms with Crippen LogP contribution in [-0.2, 0) is 9.59 Å². The van der Waals surface area contributed by atoms with E-state index in [1.807, 2.05) is 0 Å². The Kier molecular flexibility index (Phi) is 7.05. The maximum absolute atomic E-state index is 13.3. The Bertz CT molecular complexity index is 1520. The number of carbonyl (C=O) groups excluding carboxylic acids is 4. The monoisotopic (exact) mass is 738 g/mol.